The van der Waals surface area contributed by atoms with Gasteiger partial charge in [0.2, 0.25) is 11.7 Å². The molecule has 0 aliphatic heterocycles. The molecule has 0 saturated heterocycles. The maximum absolute atomic E-state index is 5.22. The predicted molar refractivity (Wildman–Crippen MR) is 68.0 cm³/mol. The summed E-state index contributed by atoms with van der Waals surface area (Å²) in [5.74, 6) is 1.28. The lowest BCUT2D eigenvalue weighted by molar-refractivity contribution is 0.373. The van der Waals surface area contributed by atoms with Crippen LogP contribution in [-0.2, 0) is 13.5 Å². The van der Waals surface area contributed by atoms with Crippen LogP contribution in [0.4, 0.5) is 0 Å². The van der Waals surface area contributed by atoms with Crippen molar-refractivity contribution in [2.45, 2.75) is 32.7 Å². The summed E-state index contributed by atoms with van der Waals surface area (Å²) >= 11 is 0. The van der Waals surface area contributed by atoms with Crippen molar-refractivity contribution in [3.05, 3.63) is 18.4 Å². The van der Waals surface area contributed by atoms with Crippen LogP contribution in [0.25, 0.3) is 11.5 Å². The topological polar surface area (TPSA) is 68.8 Å². The summed E-state index contributed by atoms with van der Waals surface area (Å²) in [5.41, 5.74) is 0.866. The van der Waals surface area contributed by atoms with E-state index in [1.165, 1.54) is 0 Å². The van der Waals surface area contributed by atoms with Crippen LogP contribution >= 0.6 is 0 Å². The molecule has 0 spiro atoms. The second-order valence-corrected chi connectivity index (χ2v) is 4.61. The van der Waals surface area contributed by atoms with Crippen LogP contribution in [0.15, 0.2) is 17.0 Å². The lowest BCUT2D eigenvalue weighted by Crippen LogP contribution is -2.23. The van der Waals surface area contributed by atoms with E-state index in [1.54, 1.807) is 12.5 Å². The number of aryl methyl sites for hydroxylation is 2. The Morgan fingerprint density at radius 2 is 2.28 bits per heavy atom. The molecule has 0 bridgehead atoms. The first-order valence-corrected chi connectivity index (χ1v) is 6.19. The van der Waals surface area contributed by atoms with Crippen molar-refractivity contribution in [1.29, 1.82) is 0 Å². The van der Waals surface area contributed by atoms with Crippen molar-refractivity contribution < 1.29 is 4.52 Å². The summed E-state index contributed by atoms with van der Waals surface area (Å²) in [5, 5.41) is 7.32. The van der Waals surface area contributed by atoms with Gasteiger partial charge in [0.25, 0.3) is 0 Å². The average Bonchev–Trinajstić information content (AvgIpc) is 2.92. The Morgan fingerprint density at radius 1 is 1.44 bits per heavy atom. The lowest BCUT2D eigenvalue weighted by atomic mass is 10.3. The van der Waals surface area contributed by atoms with Crippen LogP contribution in [0.2, 0.25) is 0 Å². The van der Waals surface area contributed by atoms with Crippen molar-refractivity contribution >= 4 is 0 Å². The first-order chi connectivity index (χ1) is 8.66. The maximum atomic E-state index is 5.22. The normalized spacial score (nSPS) is 11.3. The standard InChI is InChI=1S/C12H19N5O/c1-9(2)14-6-4-5-11-15-12(16-18-11)10-7-13-8-17(10)3/h7-9,14H,4-6H2,1-3H3. The van der Waals surface area contributed by atoms with Crippen molar-refractivity contribution in [3.8, 4) is 11.5 Å². The zero-order valence-corrected chi connectivity index (χ0v) is 11.1. The third kappa shape index (κ3) is 3.16. The van der Waals surface area contributed by atoms with Gasteiger partial charge >= 0.3 is 0 Å². The van der Waals surface area contributed by atoms with E-state index in [9.17, 15) is 0 Å². The molecule has 0 aliphatic rings. The molecule has 0 aromatic carbocycles. The van der Waals surface area contributed by atoms with Crippen LogP contribution < -0.4 is 5.32 Å². The Balaban J connectivity index is 1.89. The third-order valence-corrected chi connectivity index (χ3v) is 2.63. The fraction of sp³-hybridized carbons (Fsp3) is 0.583. The van der Waals surface area contributed by atoms with Gasteiger partial charge in [0.05, 0.1) is 12.5 Å². The Bertz CT molecular complexity index is 488. The van der Waals surface area contributed by atoms with Crippen molar-refractivity contribution in [3.63, 3.8) is 0 Å². The number of hydrogen-bond donors (Lipinski definition) is 1. The quantitative estimate of drug-likeness (QED) is 0.784. The highest BCUT2D eigenvalue weighted by Gasteiger charge is 2.11. The van der Waals surface area contributed by atoms with Gasteiger partial charge in [-0.2, -0.15) is 4.98 Å². The molecule has 0 radical (unpaired) electrons. The summed E-state index contributed by atoms with van der Waals surface area (Å²) in [6.07, 6.45) is 5.24. The predicted octanol–water partition coefficient (Wildman–Crippen LogP) is 1.40. The van der Waals surface area contributed by atoms with Gasteiger partial charge in [-0.3, -0.25) is 0 Å². The Hall–Kier alpha value is -1.69. The summed E-state index contributed by atoms with van der Waals surface area (Å²) in [6.45, 7) is 5.22. The molecule has 0 aliphatic carbocycles. The highest BCUT2D eigenvalue weighted by atomic mass is 16.5. The van der Waals surface area contributed by atoms with E-state index in [0.29, 0.717) is 17.8 Å². The molecule has 0 amide bonds. The summed E-state index contributed by atoms with van der Waals surface area (Å²) in [6, 6.07) is 0.512. The average molecular weight is 249 g/mol. The Kier molecular flexibility index (Phi) is 4.09. The molecule has 2 rings (SSSR count). The fourth-order valence-electron chi connectivity index (χ4n) is 1.66. The van der Waals surface area contributed by atoms with E-state index in [1.807, 2.05) is 11.6 Å². The zero-order valence-electron chi connectivity index (χ0n) is 11.1. The molecular weight excluding hydrogens is 230 g/mol. The Morgan fingerprint density at radius 3 is 2.94 bits per heavy atom. The second-order valence-electron chi connectivity index (χ2n) is 4.61. The van der Waals surface area contributed by atoms with Gasteiger partial charge in [-0.05, 0) is 13.0 Å². The molecule has 2 heterocycles. The van der Waals surface area contributed by atoms with Crippen molar-refractivity contribution in [2.24, 2.45) is 7.05 Å². The molecule has 0 fully saturated rings. The van der Waals surface area contributed by atoms with E-state index in [4.69, 9.17) is 4.52 Å². The molecule has 18 heavy (non-hydrogen) atoms. The summed E-state index contributed by atoms with van der Waals surface area (Å²) in [7, 11) is 1.91. The molecule has 1 N–H and O–H groups in total. The van der Waals surface area contributed by atoms with Gasteiger partial charge in [0.1, 0.15) is 5.69 Å². The molecule has 2 aromatic rings. The van der Waals surface area contributed by atoms with Crippen LogP contribution in [0.1, 0.15) is 26.2 Å². The molecule has 6 nitrogen and oxygen atoms in total. The van der Waals surface area contributed by atoms with E-state index < -0.39 is 0 Å². The third-order valence-electron chi connectivity index (χ3n) is 2.63. The smallest absolute Gasteiger partial charge is 0.227 e. The SMILES string of the molecule is CC(C)NCCCc1nc(-c2cncn2C)no1. The van der Waals surface area contributed by atoms with Crippen molar-refractivity contribution in [1.82, 2.24) is 25.0 Å². The summed E-state index contributed by atoms with van der Waals surface area (Å²) < 4.78 is 7.09. The molecule has 98 valence electrons. The first-order valence-electron chi connectivity index (χ1n) is 6.19. The minimum atomic E-state index is 0.512. The van der Waals surface area contributed by atoms with E-state index in [2.05, 4.69) is 34.3 Å². The number of nitrogens with one attached hydrogen (secondary N) is 1. The Labute approximate surface area is 106 Å². The maximum Gasteiger partial charge on any atom is 0.227 e. The van der Waals surface area contributed by atoms with Gasteiger partial charge in [-0.1, -0.05) is 19.0 Å². The molecule has 2 aromatic heterocycles. The van der Waals surface area contributed by atoms with E-state index >= 15 is 0 Å². The van der Waals surface area contributed by atoms with Gasteiger partial charge in [-0.15, -0.1) is 0 Å². The molecule has 0 atom stereocenters. The van der Waals surface area contributed by atoms with Crippen LogP contribution in [0.3, 0.4) is 0 Å². The highest BCUT2D eigenvalue weighted by molar-refractivity contribution is 5.46. The van der Waals surface area contributed by atoms with Gasteiger partial charge in [-0.25, -0.2) is 4.98 Å². The largest absolute Gasteiger partial charge is 0.339 e. The number of aromatic nitrogens is 4. The number of nitrogens with zero attached hydrogens (tertiary/aromatic N) is 4. The minimum absolute atomic E-state index is 0.512. The summed E-state index contributed by atoms with van der Waals surface area (Å²) in [4.78, 5) is 8.40. The molecular formula is C12H19N5O. The van der Waals surface area contributed by atoms with Crippen LogP contribution in [-0.4, -0.2) is 32.3 Å². The number of hydrogen-bond acceptors (Lipinski definition) is 5. The highest BCUT2D eigenvalue weighted by Crippen LogP contribution is 2.14. The van der Waals surface area contributed by atoms with Gasteiger partial charge < -0.3 is 14.4 Å². The zero-order chi connectivity index (χ0) is 13.0. The fourth-order valence-corrected chi connectivity index (χ4v) is 1.66. The molecule has 0 unspecified atom stereocenters. The first kappa shape index (κ1) is 12.8. The monoisotopic (exact) mass is 249 g/mol. The van der Waals surface area contributed by atoms with E-state index in [-0.39, 0.29) is 0 Å². The molecule has 6 heteroatoms. The lowest BCUT2D eigenvalue weighted by Gasteiger charge is -2.05. The second kappa shape index (κ2) is 5.77. The van der Waals surface area contributed by atoms with Crippen molar-refractivity contribution in [2.75, 3.05) is 6.54 Å². The minimum Gasteiger partial charge on any atom is -0.339 e. The van der Waals surface area contributed by atoms with E-state index in [0.717, 1.165) is 25.1 Å². The number of imidazole rings is 1. The molecule has 0 saturated carbocycles. The van der Waals surface area contributed by atoms with Crippen LogP contribution in [0.5, 0.6) is 0 Å². The van der Waals surface area contributed by atoms with Gasteiger partial charge in [0.15, 0.2) is 0 Å². The van der Waals surface area contributed by atoms with Crippen LogP contribution in [0, 0.1) is 0 Å². The van der Waals surface area contributed by atoms with Gasteiger partial charge in [0, 0.05) is 19.5 Å². The number of rotatable bonds is 6.